The fourth-order valence-corrected chi connectivity index (χ4v) is 3.64. The van der Waals surface area contributed by atoms with E-state index in [1.165, 1.54) is 31.7 Å². The zero-order valence-corrected chi connectivity index (χ0v) is 11.2. The Morgan fingerprint density at radius 1 is 1.26 bits per heavy atom. The van der Waals surface area contributed by atoms with Crippen molar-refractivity contribution in [3.05, 3.63) is 23.2 Å². The first-order chi connectivity index (χ1) is 9.11. The van der Waals surface area contributed by atoms with Gasteiger partial charge in [0.15, 0.2) is 0 Å². The molecule has 0 radical (unpaired) electrons. The van der Waals surface area contributed by atoms with Crippen LogP contribution in [0.1, 0.15) is 25.7 Å². The van der Waals surface area contributed by atoms with Gasteiger partial charge in [-0.1, -0.05) is 18.0 Å². The molecular formula is C14H16ClF2NO. The van der Waals surface area contributed by atoms with Crippen LogP contribution in [-0.2, 0) is 0 Å². The van der Waals surface area contributed by atoms with Crippen molar-refractivity contribution in [2.45, 2.75) is 38.3 Å². The molecule has 0 aromatic heterocycles. The van der Waals surface area contributed by atoms with Crippen LogP contribution in [0.3, 0.4) is 0 Å². The lowest BCUT2D eigenvalue weighted by Gasteiger charge is -2.24. The minimum absolute atomic E-state index is 0.0233. The number of halogens is 3. The van der Waals surface area contributed by atoms with Crippen molar-refractivity contribution in [1.29, 1.82) is 0 Å². The summed E-state index contributed by atoms with van der Waals surface area (Å²) in [7, 11) is 0. The molecule has 3 atom stereocenters. The Morgan fingerprint density at radius 2 is 2.11 bits per heavy atom. The van der Waals surface area contributed by atoms with Crippen LogP contribution in [0.4, 0.5) is 14.5 Å². The Balaban J connectivity index is 1.67. The van der Waals surface area contributed by atoms with Crippen LogP contribution in [0.15, 0.2) is 18.2 Å². The number of fused-ring (bicyclic) bond motifs is 2. The van der Waals surface area contributed by atoms with Crippen LogP contribution in [0.2, 0.25) is 5.02 Å². The van der Waals surface area contributed by atoms with Crippen molar-refractivity contribution in [1.82, 2.24) is 0 Å². The molecule has 2 nitrogen and oxygen atoms in total. The van der Waals surface area contributed by atoms with Gasteiger partial charge in [-0.25, -0.2) is 0 Å². The number of hydrogen-bond acceptors (Lipinski definition) is 2. The molecule has 2 saturated carbocycles. The van der Waals surface area contributed by atoms with Gasteiger partial charge in [0, 0.05) is 11.7 Å². The van der Waals surface area contributed by atoms with Gasteiger partial charge in [-0.2, -0.15) is 8.78 Å². The highest BCUT2D eigenvalue weighted by atomic mass is 35.5. The van der Waals surface area contributed by atoms with Gasteiger partial charge in [0.1, 0.15) is 5.75 Å². The molecule has 2 aliphatic carbocycles. The predicted molar refractivity (Wildman–Crippen MR) is 70.9 cm³/mol. The van der Waals surface area contributed by atoms with Crippen molar-refractivity contribution >= 4 is 17.3 Å². The number of anilines is 1. The zero-order valence-electron chi connectivity index (χ0n) is 10.4. The van der Waals surface area contributed by atoms with E-state index in [-0.39, 0.29) is 10.8 Å². The Hall–Kier alpha value is -1.03. The van der Waals surface area contributed by atoms with E-state index < -0.39 is 6.61 Å². The number of benzene rings is 1. The molecular weight excluding hydrogens is 272 g/mol. The quantitative estimate of drug-likeness (QED) is 0.878. The van der Waals surface area contributed by atoms with Crippen molar-refractivity contribution in [2.24, 2.45) is 11.8 Å². The largest absolute Gasteiger partial charge is 0.433 e. The van der Waals surface area contributed by atoms with Crippen LogP contribution in [0.5, 0.6) is 5.75 Å². The molecule has 0 aliphatic heterocycles. The number of nitrogens with one attached hydrogen (secondary N) is 1. The molecule has 5 heteroatoms. The summed E-state index contributed by atoms with van der Waals surface area (Å²) in [5, 5.41) is 3.68. The van der Waals surface area contributed by atoms with E-state index in [1.54, 1.807) is 12.1 Å². The maximum atomic E-state index is 12.1. The van der Waals surface area contributed by atoms with E-state index in [0.717, 1.165) is 17.5 Å². The summed E-state index contributed by atoms with van der Waals surface area (Å²) < 4.78 is 28.6. The van der Waals surface area contributed by atoms with Crippen molar-refractivity contribution in [3.63, 3.8) is 0 Å². The van der Waals surface area contributed by atoms with E-state index in [9.17, 15) is 8.78 Å². The van der Waals surface area contributed by atoms with Gasteiger partial charge in [0.05, 0.1) is 5.02 Å². The highest BCUT2D eigenvalue weighted by Gasteiger charge is 2.39. The standard InChI is InChI=1S/C14H16ClF2NO/c15-11-7-10(3-4-13(11)19-14(16)17)18-12-6-8-1-2-9(12)5-8/h3-4,7-9,12,14,18H,1-2,5-6H2. The number of rotatable bonds is 4. The molecule has 3 rings (SSSR count). The van der Waals surface area contributed by atoms with Gasteiger partial charge < -0.3 is 10.1 Å². The van der Waals surface area contributed by atoms with E-state index in [4.69, 9.17) is 11.6 Å². The Morgan fingerprint density at radius 3 is 2.68 bits per heavy atom. The second kappa shape index (κ2) is 5.16. The topological polar surface area (TPSA) is 21.3 Å². The van der Waals surface area contributed by atoms with E-state index in [0.29, 0.717) is 6.04 Å². The molecule has 104 valence electrons. The number of ether oxygens (including phenoxy) is 1. The molecule has 2 aliphatic rings. The molecule has 0 spiro atoms. The van der Waals surface area contributed by atoms with Crippen LogP contribution in [-0.4, -0.2) is 12.7 Å². The highest BCUT2D eigenvalue weighted by Crippen LogP contribution is 2.45. The SMILES string of the molecule is FC(F)Oc1ccc(NC2CC3CCC2C3)cc1Cl. The molecule has 2 bridgehead atoms. The molecule has 1 N–H and O–H groups in total. The van der Waals surface area contributed by atoms with Gasteiger partial charge >= 0.3 is 6.61 Å². The number of hydrogen-bond donors (Lipinski definition) is 1. The molecule has 1 aromatic rings. The molecule has 19 heavy (non-hydrogen) atoms. The van der Waals surface area contributed by atoms with Crippen molar-refractivity contribution in [2.75, 3.05) is 5.32 Å². The first-order valence-electron chi connectivity index (χ1n) is 6.62. The zero-order chi connectivity index (χ0) is 13.4. The van der Waals surface area contributed by atoms with Crippen LogP contribution >= 0.6 is 11.6 Å². The smallest absolute Gasteiger partial charge is 0.387 e. The third kappa shape index (κ3) is 2.78. The summed E-state index contributed by atoms with van der Waals surface area (Å²) in [4.78, 5) is 0. The molecule has 3 unspecified atom stereocenters. The Kier molecular flexibility index (Phi) is 3.52. The fraction of sp³-hybridized carbons (Fsp3) is 0.571. The minimum atomic E-state index is -2.85. The van der Waals surface area contributed by atoms with Gasteiger partial charge in [-0.3, -0.25) is 0 Å². The lowest BCUT2D eigenvalue weighted by molar-refractivity contribution is -0.0497. The van der Waals surface area contributed by atoms with Gasteiger partial charge in [-0.05, 0) is 49.3 Å². The first-order valence-corrected chi connectivity index (χ1v) is 7.00. The van der Waals surface area contributed by atoms with Gasteiger partial charge in [0.25, 0.3) is 0 Å². The third-order valence-corrected chi connectivity index (χ3v) is 4.53. The summed E-state index contributed by atoms with van der Waals surface area (Å²) in [5.74, 6) is 1.63. The maximum absolute atomic E-state index is 12.1. The Labute approximate surface area is 116 Å². The fourth-order valence-electron chi connectivity index (χ4n) is 3.42. The third-order valence-electron chi connectivity index (χ3n) is 4.24. The van der Waals surface area contributed by atoms with E-state index in [2.05, 4.69) is 10.1 Å². The molecule has 1 aromatic carbocycles. The maximum Gasteiger partial charge on any atom is 0.387 e. The van der Waals surface area contributed by atoms with E-state index >= 15 is 0 Å². The molecule has 0 amide bonds. The molecule has 0 heterocycles. The summed E-state index contributed by atoms with van der Waals surface area (Å²) >= 11 is 5.94. The predicted octanol–water partition coefficient (Wildman–Crippen LogP) is 4.54. The average Bonchev–Trinajstić information content (AvgIpc) is 2.94. The van der Waals surface area contributed by atoms with Crippen molar-refractivity contribution in [3.8, 4) is 5.75 Å². The first kappa shape index (κ1) is 13.0. The lowest BCUT2D eigenvalue weighted by Crippen LogP contribution is -2.25. The normalized spacial score (nSPS) is 28.9. The lowest BCUT2D eigenvalue weighted by atomic mass is 9.95. The Bertz CT molecular complexity index is 469. The van der Waals surface area contributed by atoms with Crippen LogP contribution in [0.25, 0.3) is 0 Å². The van der Waals surface area contributed by atoms with Gasteiger partial charge in [-0.15, -0.1) is 0 Å². The summed E-state index contributed by atoms with van der Waals surface area (Å²) in [6, 6.07) is 5.39. The highest BCUT2D eigenvalue weighted by molar-refractivity contribution is 6.32. The monoisotopic (exact) mass is 287 g/mol. The van der Waals surface area contributed by atoms with Gasteiger partial charge in [0.2, 0.25) is 0 Å². The van der Waals surface area contributed by atoms with Crippen molar-refractivity contribution < 1.29 is 13.5 Å². The minimum Gasteiger partial charge on any atom is -0.433 e. The molecule has 0 saturated heterocycles. The summed E-state index contributed by atoms with van der Waals surface area (Å²) in [6.45, 7) is -2.85. The van der Waals surface area contributed by atoms with Crippen LogP contribution in [0, 0.1) is 11.8 Å². The van der Waals surface area contributed by atoms with E-state index in [1.807, 2.05) is 0 Å². The van der Waals surface area contributed by atoms with Crippen LogP contribution < -0.4 is 10.1 Å². The average molecular weight is 288 g/mol. The summed E-state index contributed by atoms with van der Waals surface area (Å²) in [5.41, 5.74) is 0.879. The summed E-state index contributed by atoms with van der Waals surface area (Å²) in [6.07, 6.45) is 5.17. The number of alkyl halides is 2. The second-order valence-corrected chi connectivity index (χ2v) is 5.86. The second-order valence-electron chi connectivity index (χ2n) is 5.45. The molecule has 2 fully saturated rings.